The second kappa shape index (κ2) is 39.7. The highest BCUT2D eigenvalue weighted by Crippen LogP contribution is 2.47. The molecule has 1 rings (SSSR count). The van der Waals surface area contributed by atoms with Gasteiger partial charge in [0.15, 0.2) is 6.10 Å². The Balaban J connectivity index is 2.46. The fourth-order valence-electron chi connectivity index (χ4n) is 7.21. The van der Waals surface area contributed by atoms with E-state index in [0.29, 0.717) is 19.3 Å². The van der Waals surface area contributed by atoms with Gasteiger partial charge in [-0.25, -0.2) is 4.57 Å². The molecule has 64 heavy (non-hydrogen) atoms. The van der Waals surface area contributed by atoms with Gasteiger partial charge in [0, 0.05) is 12.8 Å². The zero-order valence-corrected chi connectivity index (χ0v) is 40.2. The number of phosphoric ester groups is 1. The number of aliphatic hydroxyl groups is 5. The number of hydrogen-bond acceptors (Lipinski definition) is 12. The molecule has 14 heteroatoms. The number of allylic oxidation sites excluding steroid dienone is 10. The standard InChI is InChI=1S/C50H87O13P/c1-3-5-7-9-11-13-15-17-19-21-23-24-26-28-30-32-34-36-38-43(51)60-40-42(41-61-64(58,59)63-50-48(56)46(54)45(53)47(55)49(50)57)62-44(52)39-37-35-33-31-29-27-25-22-20-18-16-14-12-10-8-6-4-2/h6,8,12,14,18,20,25,27,31,33,42,45-50,53-57H,3-5,7,9-11,13,15-17,19,21-24,26,28-30,32,34-41H2,1-2H3,(H,58,59)/b8-6-,14-12-,20-18-,27-25-,33-31-. The zero-order chi connectivity index (χ0) is 47.1. The molecule has 0 amide bonds. The smallest absolute Gasteiger partial charge is 0.462 e. The second-order valence-corrected chi connectivity index (χ2v) is 18.3. The molecule has 0 aliphatic heterocycles. The van der Waals surface area contributed by atoms with Crippen LogP contribution in [-0.2, 0) is 32.7 Å². The number of esters is 2. The molecule has 0 bridgehead atoms. The highest BCUT2D eigenvalue weighted by Gasteiger charge is 2.51. The van der Waals surface area contributed by atoms with Gasteiger partial charge in [-0.05, 0) is 51.4 Å². The number of carbonyl (C=O) groups excluding carboxylic acids is 2. The summed E-state index contributed by atoms with van der Waals surface area (Å²) in [6, 6.07) is 0. The normalized spacial score (nSPS) is 22.1. The van der Waals surface area contributed by atoms with E-state index in [1.54, 1.807) is 0 Å². The Kier molecular flexibility index (Phi) is 36.9. The van der Waals surface area contributed by atoms with Crippen LogP contribution in [0.25, 0.3) is 0 Å². The van der Waals surface area contributed by atoms with Gasteiger partial charge in [0.2, 0.25) is 0 Å². The Labute approximate surface area is 385 Å². The van der Waals surface area contributed by atoms with Crippen molar-refractivity contribution in [2.75, 3.05) is 13.2 Å². The van der Waals surface area contributed by atoms with Crippen LogP contribution in [0, 0.1) is 0 Å². The van der Waals surface area contributed by atoms with Gasteiger partial charge in [-0.15, -0.1) is 0 Å². The van der Waals surface area contributed by atoms with Crippen LogP contribution in [0.1, 0.15) is 187 Å². The molecule has 1 fully saturated rings. The Bertz CT molecular complexity index is 1350. The highest BCUT2D eigenvalue weighted by atomic mass is 31.2. The van der Waals surface area contributed by atoms with E-state index >= 15 is 0 Å². The Morgan fingerprint density at radius 2 is 0.891 bits per heavy atom. The molecule has 0 saturated heterocycles. The van der Waals surface area contributed by atoms with Crippen LogP contribution in [0.4, 0.5) is 0 Å². The SMILES string of the molecule is CC/C=C\C/C=C\C/C=C\C/C=C\C/C=C\CCCC(=O)OC(COC(=O)CCCCCCCCCCCCCCCCCCCC)COP(=O)(O)OC1C(O)C(O)C(O)C(O)C1O. The molecule has 1 aliphatic rings. The molecule has 6 N–H and O–H groups in total. The van der Waals surface area contributed by atoms with Crippen LogP contribution >= 0.6 is 7.82 Å². The molecule has 0 aromatic heterocycles. The lowest BCUT2D eigenvalue weighted by atomic mass is 9.85. The van der Waals surface area contributed by atoms with Gasteiger partial charge in [0.05, 0.1) is 6.61 Å². The summed E-state index contributed by atoms with van der Waals surface area (Å²) >= 11 is 0. The third kappa shape index (κ3) is 31.5. The predicted octanol–water partition coefficient (Wildman–Crippen LogP) is 10.1. The number of unbranched alkanes of at least 4 members (excludes halogenated alkanes) is 18. The van der Waals surface area contributed by atoms with Crippen LogP contribution in [0.2, 0.25) is 0 Å². The minimum Gasteiger partial charge on any atom is -0.462 e. The average molecular weight is 927 g/mol. The first-order chi connectivity index (χ1) is 30.9. The van der Waals surface area contributed by atoms with Gasteiger partial charge in [-0.3, -0.25) is 18.6 Å². The summed E-state index contributed by atoms with van der Waals surface area (Å²) in [5, 5.41) is 50.2. The quantitative estimate of drug-likeness (QED) is 0.0146. The van der Waals surface area contributed by atoms with Crippen molar-refractivity contribution in [3.05, 3.63) is 60.8 Å². The maximum absolute atomic E-state index is 12.8. The molecule has 13 nitrogen and oxygen atoms in total. The fourth-order valence-corrected chi connectivity index (χ4v) is 8.18. The maximum Gasteiger partial charge on any atom is 0.472 e. The average Bonchev–Trinajstić information content (AvgIpc) is 3.28. The molecular weight excluding hydrogens is 840 g/mol. The van der Waals surface area contributed by atoms with Gasteiger partial charge >= 0.3 is 19.8 Å². The number of rotatable bonds is 40. The highest BCUT2D eigenvalue weighted by molar-refractivity contribution is 7.47. The lowest BCUT2D eigenvalue weighted by Crippen LogP contribution is -2.64. The monoisotopic (exact) mass is 927 g/mol. The van der Waals surface area contributed by atoms with Crippen LogP contribution in [0.15, 0.2) is 60.8 Å². The van der Waals surface area contributed by atoms with E-state index in [4.69, 9.17) is 18.5 Å². The zero-order valence-electron chi connectivity index (χ0n) is 39.3. The minimum absolute atomic E-state index is 0.0178. The summed E-state index contributed by atoms with van der Waals surface area (Å²) in [4.78, 5) is 35.7. The molecule has 0 aromatic carbocycles. The lowest BCUT2D eigenvalue weighted by Gasteiger charge is -2.41. The maximum atomic E-state index is 12.8. The Morgan fingerprint density at radius 3 is 1.34 bits per heavy atom. The molecule has 1 saturated carbocycles. The van der Waals surface area contributed by atoms with E-state index in [2.05, 4.69) is 62.5 Å². The largest absolute Gasteiger partial charge is 0.472 e. The van der Waals surface area contributed by atoms with Crippen LogP contribution in [0.5, 0.6) is 0 Å². The topological polar surface area (TPSA) is 210 Å². The Morgan fingerprint density at radius 1 is 0.500 bits per heavy atom. The molecule has 1 aliphatic carbocycles. The van der Waals surface area contributed by atoms with E-state index in [1.165, 1.54) is 89.9 Å². The molecule has 0 radical (unpaired) electrons. The lowest BCUT2D eigenvalue weighted by molar-refractivity contribution is -0.220. The summed E-state index contributed by atoms with van der Waals surface area (Å²) in [6.45, 7) is 3.15. The first kappa shape index (κ1) is 59.6. The van der Waals surface area contributed by atoms with Crippen molar-refractivity contribution in [2.24, 2.45) is 0 Å². The van der Waals surface area contributed by atoms with E-state index in [9.17, 15) is 44.6 Å². The molecule has 0 aromatic rings. The van der Waals surface area contributed by atoms with Crippen LogP contribution in [0.3, 0.4) is 0 Å². The van der Waals surface area contributed by atoms with E-state index in [0.717, 1.165) is 51.4 Å². The molecule has 6 atom stereocenters. The molecule has 0 spiro atoms. The summed E-state index contributed by atoms with van der Waals surface area (Å²) in [5.41, 5.74) is 0. The molecular formula is C50H87O13P. The summed E-state index contributed by atoms with van der Waals surface area (Å²) in [7, 11) is -5.14. The van der Waals surface area contributed by atoms with E-state index in [1.807, 2.05) is 12.2 Å². The van der Waals surface area contributed by atoms with Crippen molar-refractivity contribution in [3.8, 4) is 0 Å². The van der Waals surface area contributed by atoms with Crippen LogP contribution in [-0.4, -0.2) is 98.3 Å². The number of hydrogen-bond donors (Lipinski definition) is 6. The number of phosphoric acid groups is 1. The van der Waals surface area contributed by atoms with E-state index in [-0.39, 0.29) is 12.8 Å². The Hall–Kier alpha value is -2.45. The number of carbonyl (C=O) groups is 2. The van der Waals surface area contributed by atoms with Gasteiger partial charge in [0.1, 0.15) is 43.2 Å². The third-order valence-electron chi connectivity index (χ3n) is 11.1. The van der Waals surface area contributed by atoms with Crippen molar-refractivity contribution < 1.29 is 63.1 Å². The van der Waals surface area contributed by atoms with Gasteiger partial charge in [-0.1, -0.05) is 184 Å². The van der Waals surface area contributed by atoms with Crippen molar-refractivity contribution in [1.29, 1.82) is 0 Å². The molecule has 370 valence electrons. The van der Waals surface area contributed by atoms with Crippen molar-refractivity contribution in [1.82, 2.24) is 0 Å². The first-order valence-electron chi connectivity index (χ1n) is 24.6. The van der Waals surface area contributed by atoms with Crippen molar-refractivity contribution in [2.45, 2.75) is 230 Å². The minimum atomic E-state index is -5.14. The van der Waals surface area contributed by atoms with Crippen molar-refractivity contribution >= 4 is 19.8 Å². The third-order valence-corrected chi connectivity index (χ3v) is 12.1. The summed E-state index contributed by atoms with van der Waals surface area (Å²) in [6.07, 6.45) is 35.6. The number of ether oxygens (including phenoxy) is 2. The van der Waals surface area contributed by atoms with E-state index < -0.39 is 75.7 Å². The van der Waals surface area contributed by atoms with Crippen molar-refractivity contribution in [3.63, 3.8) is 0 Å². The fraction of sp³-hybridized carbons (Fsp3) is 0.760. The van der Waals surface area contributed by atoms with Gasteiger partial charge in [-0.2, -0.15) is 0 Å². The summed E-state index contributed by atoms with van der Waals surface area (Å²) in [5.74, 6) is -1.16. The van der Waals surface area contributed by atoms with Crippen LogP contribution < -0.4 is 0 Å². The molecule has 6 unspecified atom stereocenters. The van der Waals surface area contributed by atoms with Gasteiger partial charge < -0.3 is 39.9 Å². The second-order valence-electron chi connectivity index (χ2n) is 16.9. The summed E-state index contributed by atoms with van der Waals surface area (Å²) < 4.78 is 33.5. The predicted molar refractivity (Wildman–Crippen MR) is 253 cm³/mol. The number of aliphatic hydroxyl groups excluding tert-OH is 5. The first-order valence-corrected chi connectivity index (χ1v) is 26.1. The van der Waals surface area contributed by atoms with Gasteiger partial charge in [0.25, 0.3) is 0 Å². The molecule has 0 heterocycles.